The van der Waals surface area contributed by atoms with Gasteiger partial charge in [0.1, 0.15) is 23.0 Å². The summed E-state index contributed by atoms with van der Waals surface area (Å²) >= 11 is 0. The minimum absolute atomic E-state index is 0.0954. The molecule has 8 aromatic rings. The second-order valence-corrected chi connectivity index (χ2v) is 26.2. The summed E-state index contributed by atoms with van der Waals surface area (Å²) in [5.74, 6) is 1.39. The van der Waals surface area contributed by atoms with E-state index in [9.17, 15) is 19.2 Å². The largest absolute Gasteiger partial charge is 0.456 e. The van der Waals surface area contributed by atoms with Crippen LogP contribution in [-0.2, 0) is 35.7 Å². The van der Waals surface area contributed by atoms with Crippen molar-refractivity contribution < 1.29 is 38.1 Å². The van der Waals surface area contributed by atoms with Crippen LogP contribution in [-0.4, -0.2) is 49.9 Å². The average Bonchev–Trinajstić information content (AvgIpc) is 1.44. The summed E-state index contributed by atoms with van der Waals surface area (Å²) in [6, 6.07) is 52.5. The third-order valence-electron chi connectivity index (χ3n) is 20.0. The maximum atomic E-state index is 14.7. The molecule has 12 heteroatoms. The number of fused-ring (bicyclic) bond motifs is 12. The van der Waals surface area contributed by atoms with Gasteiger partial charge in [-0.1, -0.05) is 155 Å². The first kappa shape index (κ1) is 64.9. The number of esters is 2. The van der Waals surface area contributed by atoms with Crippen molar-refractivity contribution in [3.05, 3.63) is 224 Å². The molecular formula is C82H90N4O8. The number of carbonyl (C=O) groups excluding carboxylic acids is 4. The van der Waals surface area contributed by atoms with Gasteiger partial charge in [0.05, 0.1) is 22.5 Å². The molecule has 0 fully saturated rings. The molecular weight excluding hydrogens is 1170 g/mol. The molecule has 12 nitrogen and oxygen atoms in total. The van der Waals surface area contributed by atoms with Gasteiger partial charge in [-0.05, 0) is 153 Å². The number of unbranched alkanes of at least 4 members (excludes halogenated alkanes) is 5. The van der Waals surface area contributed by atoms with Crippen molar-refractivity contribution in [2.24, 2.45) is 0 Å². The van der Waals surface area contributed by atoms with Gasteiger partial charge in [-0.25, -0.2) is 9.59 Å². The number of amides is 2. The summed E-state index contributed by atoms with van der Waals surface area (Å²) in [5.41, 5.74) is 10.7. The molecule has 0 aromatic heterocycles. The minimum atomic E-state index is -1.34. The van der Waals surface area contributed by atoms with E-state index in [1.54, 1.807) is 9.80 Å². The van der Waals surface area contributed by atoms with Gasteiger partial charge in [-0.15, -0.1) is 0 Å². The highest BCUT2D eigenvalue weighted by atomic mass is 16.6. The fourth-order valence-electron chi connectivity index (χ4n) is 14.7. The molecule has 0 aliphatic carbocycles. The predicted octanol–water partition coefficient (Wildman–Crippen LogP) is 19.9. The zero-order chi connectivity index (χ0) is 66.1. The quantitative estimate of drug-likeness (QED) is 0.0512. The van der Waals surface area contributed by atoms with Crippen LogP contribution >= 0.6 is 0 Å². The van der Waals surface area contributed by atoms with Gasteiger partial charge in [-0.2, -0.15) is 0 Å². The number of hydrogen-bond acceptors (Lipinski definition) is 10. The molecule has 0 radical (unpaired) electrons. The molecule has 4 aliphatic rings. The predicted molar refractivity (Wildman–Crippen MR) is 377 cm³/mol. The topological polar surface area (TPSA) is 118 Å². The second-order valence-electron chi connectivity index (χ2n) is 26.2. The number of benzene rings is 8. The molecule has 0 saturated carbocycles. The molecule has 2 spiro atoms. The minimum Gasteiger partial charge on any atom is -0.456 e. The monoisotopic (exact) mass is 1260 g/mol. The van der Waals surface area contributed by atoms with E-state index in [1.165, 1.54) is 0 Å². The Labute approximate surface area is 555 Å². The number of anilines is 6. The van der Waals surface area contributed by atoms with Crippen LogP contribution in [0.25, 0.3) is 0 Å². The van der Waals surface area contributed by atoms with E-state index < -0.39 is 28.6 Å². The van der Waals surface area contributed by atoms with Crippen LogP contribution in [0.1, 0.15) is 215 Å². The molecule has 8 aromatic carbocycles. The van der Waals surface area contributed by atoms with E-state index in [-0.39, 0.29) is 24.7 Å². The van der Waals surface area contributed by atoms with E-state index in [4.69, 9.17) is 18.9 Å². The molecule has 2 unspecified atom stereocenters. The average molecular weight is 1260 g/mol. The summed E-state index contributed by atoms with van der Waals surface area (Å²) in [5, 5.41) is 0. The van der Waals surface area contributed by atoms with E-state index in [0.29, 0.717) is 68.0 Å². The van der Waals surface area contributed by atoms with E-state index in [1.807, 2.05) is 125 Å². The standard InChI is InChI=1S/C82H90N4O8/c1-11-18-43-80(10,56-31-35-58(36-32-56)85(76(87)16-6)70-52-68-72(48-54(70)8)91-74-50-60(83(44-19-12-2)45-20-13-3)39-41-66(74)81(68)64-29-25-23-27-62(64)78(89)93-81)57-33-37-59(38-34-57)86(77(88)17-7)71-53-69-73(49-55(71)9)92-75-51-61(84(46-21-14-4)47-22-15-5)40-42-67(75)82(69)65-30-26-24-28-63(65)79(90)94-82/h23-42,48-53H,11-22,43-47H2,1-10H3. The molecule has 4 aliphatic heterocycles. The first-order valence-electron chi connectivity index (χ1n) is 34.6. The van der Waals surface area contributed by atoms with Crippen molar-refractivity contribution in [2.75, 3.05) is 45.8 Å². The van der Waals surface area contributed by atoms with Gasteiger partial charge in [0.2, 0.25) is 11.8 Å². The molecule has 12 rings (SSSR count). The van der Waals surface area contributed by atoms with Crippen molar-refractivity contribution in [2.45, 2.75) is 169 Å². The Morgan fingerprint density at radius 3 is 1.12 bits per heavy atom. The number of ether oxygens (including phenoxy) is 4. The van der Waals surface area contributed by atoms with Gasteiger partial charge in [-0.3, -0.25) is 19.4 Å². The first-order chi connectivity index (χ1) is 45.6. The summed E-state index contributed by atoms with van der Waals surface area (Å²) in [4.78, 5) is 66.0. The fourth-order valence-corrected chi connectivity index (χ4v) is 14.7. The Morgan fingerprint density at radius 2 is 0.755 bits per heavy atom. The van der Waals surface area contributed by atoms with Crippen LogP contribution in [0.4, 0.5) is 34.1 Å². The van der Waals surface area contributed by atoms with Gasteiger partial charge in [0, 0.05) is 113 Å². The number of aryl methyl sites for hydroxylation is 2. The number of hydrogen-bond donors (Lipinski definition) is 0. The fraction of sp³-hybridized carbons (Fsp3) is 0.366. The number of nitrogens with zero attached hydrogens (tertiary/aromatic N) is 4. The molecule has 0 bridgehead atoms. The summed E-state index contributed by atoms with van der Waals surface area (Å²) in [6.07, 6.45) is 11.9. The van der Waals surface area contributed by atoms with E-state index in [0.717, 1.165) is 153 Å². The lowest BCUT2D eigenvalue weighted by atomic mass is 9.72. The molecule has 94 heavy (non-hydrogen) atoms. The van der Waals surface area contributed by atoms with Crippen LogP contribution in [0, 0.1) is 13.8 Å². The smallest absolute Gasteiger partial charge is 0.340 e. The van der Waals surface area contributed by atoms with Crippen LogP contribution in [0.2, 0.25) is 0 Å². The second kappa shape index (κ2) is 27.1. The molecule has 4 heterocycles. The highest BCUT2D eigenvalue weighted by molar-refractivity contribution is 6.04. The maximum Gasteiger partial charge on any atom is 0.340 e. The summed E-state index contributed by atoms with van der Waals surface area (Å²) in [6.45, 7) is 24.8. The zero-order valence-electron chi connectivity index (χ0n) is 56.6. The van der Waals surface area contributed by atoms with Crippen molar-refractivity contribution in [1.82, 2.24) is 0 Å². The van der Waals surface area contributed by atoms with Crippen molar-refractivity contribution in [3.8, 4) is 23.0 Å². The van der Waals surface area contributed by atoms with Crippen LogP contribution in [0.5, 0.6) is 23.0 Å². The first-order valence-corrected chi connectivity index (χ1v) is 34.6. The molecule has 2 atom stereocenters. The van der Waals surface area contributed by atoms with Gasteiger partial charge in [0.25, 0.3) is 0 Å². The summed E-state index contributed by atoms with van der Waals surface area (Å²) < 4.78 is 27.3. The Bertz CT molecular complexity index is 3900. The van der Waals surface area contributed by atoms with Crippen LogP contribution < -0.4 is 29.1 Å². The SMILES string of the molecule is CCCCN(CCCC)c1ccc2c(c1)Oc1cc(C)c(N(C(=O)CC)c3ccc(C(C)(CCCC)c4ccc(N(C(=O)CC)c5cc6c(cc5C)Oc5cc(N(CCCC)CCCC)ccc5C65OC(=O)c6ccccc65)cc4)cc3)cc1C21OC(=O)c2ccccc21. The number of rotatable bonds is 25. The Morgan fingerprint density at radius 1 is 0.404 bits per heavy atom. The Balaban J connectivity index is 0.892. The Hall–Kier alpha value is -9.16. The molecule has 2 amide bonds. The van der Waals surface area contributed by atoms with E-state index >= 15 is 0 Å². The zero-order valence-corrected chi connectivity index (χ0v) is 56.6. The van der Waals surface area contributed by atoms with Crippen LogP contribution in [0.15, 0.2) is 158 Å². The maximum absolute atomic E-state index is 14.7. The third-order valence-corrected chi connectivity index (χ3v) is 20.0. The van der Waals surface area contributed by atoms with Crippen molar-refractivity contribution >= 4 is 57.9 Å². The van der Waals surface area contributed by atoms with Gasteiger partial charge >= 0.3 is 11.9 Å². The van der Waals surface area contributed by atoms with Crippen molar-refractivity contribution in [3.63, 3.8) is 0 Å². The van der Waals surface area contributed by atoms with Crippen molar-refractivity contribution in [1.29, 1.82) is 0 Å². The lowest BCUT2D eigenvalue weighted by Crippen LogP contribution is -2.34. The lowest BCUT2D eigenvalue weighted by molar-refractivity contribution is -0.118. The highest BCUT2D eigenvalue weighted by Crippen LogP contribution is 2.60. The summed E-state index contributed by atoms with van der Waals surface area (Å²) in [7, 11) is 0. The third kappa shape index (κ3) is 11.3. The van der Waals surface area contributed by atoms with Gasteiger partial charge < -0.3 is 28.7 Å². The van der Waals surface area contributed by atoms with Gasteiger partial charge in [0.15, 0.2) is 11.2 Å². The molecule has 0 saturated heterocycles. The Kier molecular flexibility index (Phi) is 18.7. The lowest BCUT2D eigenvalue weighted by Gasteiger charge is -2.38. The van der Waals surface area contributed by atoms with E-state index in [2.05, 4.69) is 112 Å². The molecule has 486 valence electrons. The highest BCUT2D eigenvalue weighted by Gasteiger charge is 2.56. The molecule has 0 N–H and O–H groups in total. The normalized spacial score (nSPS) is 16.7. The van der Waals surface area contributed by atoms with Crippen LogP contribution in [0.3, 0.4) is 0 Å². The number of carbonyl (C=O) groups is 4.